The summed E-state index contributed by atoms with van der Waals surface area (Å²) in [5.41, 5.74) is 5.32. The molecule has 0 aliphatic carbocycles. The smallest absolute Gasteiger partial charge is 0.120 e. The number of likely N-dealkylation sites (N-methyl/N-ethyl adjacent to an activating group) is 1. The van der Waals surface area contributed by atoms with Crippen molar-refractivity contribution in [3.05, 3.63) is 12.4 Å². The second-order valence-electron chi connectivity index (χ2n) is 3.18. The highest BCUT2D eigenvalue weighted by atomic mass is 15.2. The molecule has 1 fully saturated rings. The zero-order valence-corrected chi connectivity index (χ0v) is 8.33. The van der Waals surface area contributed by atoms with Crippen LogP contribution in [-0.4, -0.2) is 37.4 Å². The molecule has 0 saturated carbocycles. The molecule has 1 atom stereocenters. The van der Waals surface area contributed by atoms with Gasteiger partial charge in [0.1, 0.15) is 5.84 Å². The minimum absolute atomic E-state index is 0.395. The molecule has 0 spiro atoms. The number of nitrogens with one attached hydrogen (secondary N) is 1. The minimum atomic E-state index is 0.395. The highest BCUT2D eigenvalue weighted by Crippen LogP contribution is 2.09. The number of nitrogens with zero attached hydrogens (tertiary/aromatic N) is 2. The van der Waals surface area contributed by atoms with Gasteiger partial charge in [-0.05, 0) is 19.4 Å². The first kappa shape index (κ1) is 10.1. The Morgan fingerprint density at radius 3 is 2.92 bits per heavy atom. The fraction of sp³-hybridized carbons (Fsp3) is 0.667. The van der Waals surface area contributed by atoms with Crippen LogP contribution < -0.4 is 11.1 Å². The van der Waals surface area contributed by atoms with Gasteiger partial charge in [-0.25, -0.2) is 0 Å². The summed E-state index contributed by atoms with van der Waals surface area (Å²) < 4.78 is 0. The van der Waals surface area contributed by atoms with Crippen molar-refractivity contribution in [2.75, 3.05) is 20.6 Å². The maximum atomic E-state index is 5.32. The van der Waals surface area contributed by atoms with E-state index in [1.165, 1.54) is 12.6 Å². The Labute approximate surface area is 79.5 Å². The van der Waals surface area contributed by atoms with Crippen LogP contribution in [0.25, 0.3) is 0 Å². The lowest BCUT2D eigenvalue weighted by atomic mass is 10.2. The lowest BCUT2D eigenvalue weighted by Crippen LogP contribution is -2.39. The van der Waals surface area contributed by atoms with Gasteiger partial charge in [0.25, 0.3) is 0 Å². The van der Waals surface area contributed by atoms with Crippen molar-refractivity contribution in [2.24, 2.45) is 10.7 Å². The van der Waals surface area contributed by atoms with Gasteiger partial charge in [-0.15, -0.1) is 0 Å². The van der Waals surface area contributed by atoms with Crippen LogP contribution in [0.1, 0.15) is 12.8 Å². The minimum Gasteiger partial charge on any atom is -0.403 e. The van der Waals surface area contributed by atoms with Crippen LogP contribution in [0.3, 0.4) is 0 Å². The normalized spacial score (nSPS) is 24.2. The number of nitrogens with two attached hydrogens (primary N) is 1. The lowest BCUT2D eigenvalue weighted by molar-refractivity contribution is 0.608. The van der Waals surface area contributed by atoms with Crippen molar-refractivity contribution >= 4 is 5.84 Å². The maximum absolute atomic E-state index is 5.32. The molecule has 0 bridgehead atoms. The van der Waals surface area contributed by atoms with Crippen molar-refractivity contribution in [3.8, 4) is 0 Å². The SMILES string of the molecule is C/N=C(/[C@@H]1CCCN1)N(C)/C=C\N. The molecular weight excluding hydrogens is 164 g/mol. The zero-order chi connectivity index (χ0) is 9.68. The molecule has 0 unspecified atom stereocenters. The highest BCUT2D eigenvalue weighted by Gasteiger charge is 2.21. The first-order chi connectivity index (χ1) is 6.29. The molecule has 1 aliphatic rings. The van der Waals surface area contributed by atoms with E-state index in [-0.39, 0.29) is 0 Å². The van der Waals surface area contributed by atoms with E-state index in [4.69, 9.17) is 5.73 Å². The van der Waals surface area contributed by atoms with Crippen molar-refractivity contribution in [1.82, 2.24) is 10.2 Å². The van der Waals surface area contributed by atoms with Gasteiger partial charge < -0.3 is 16.0 Å². The Balaban J connectivity index is 2.61. The molecule has 0 aromatic carbocycles. The van der Waals surface area contributed by atoms with E-state index in [0.29, 0.717) is 6.04 Å². The number of aliphatic imine (C=N–C) groups is 1. The van der Waals surface area contributed by atoms with Crippen molar-refractivity contribution < 1.29 is 0 Å². The van der Waals surface area contributed by atoms with Crippen LogP contribution in [-0.2, 0) is 0 Å². The van der Waals surface area contributed by atoms with Crippen LogP contribution >= 0.6 is 0 Å². The second kappa shape index (κ2) is 4.87. The van der Waals surface area contributed by atoms with Crippen molar-refractivity contribution in [3.63, 3.8) is 0 Å². The lowest BCUT2D eigenvalue weighted by Gasteiger charge is -2.21. The summed E-state index contributed by atoms with van der Waals surface area (Å²) in [5.74, 6) is 1.05. The van der Waals surface area contributed by atoms with Crippen LogP contribution in [0.5, 0.6) is 0 Å². The molecule has 3 N–H and O–H groups in total. The zero-order valence-electron chi connectivity index (χ0n) is 8.33. The fourth-order valence-electron chi connectivity index (χ4n) is 1.67. The summed E-state index contributed by atoms with van der Waals surface area (Å²) in [4.78, 5) is 6.22. The van der Waals surface area contributed by atoms with Gasteiger partial charge in [-0.3, -0.25) is 4.99 Å². The van der Waals surface area contributed by atoms with E-state index in [0.717, 1.165) is 18.8 Å². The Morgan fingerprint density at radius 1 is 1.69 bits per heavy atom. The Bertz CT molecular complexity index is 204. The molecule has 4 nitrogen and oxygen atoms in total. The summed E-state index contributed by atoms with van der Waals surface area (Å²) in [6.45, 7) is 1.09. The highest BCUT2D eigenvalue weighted by molar-refractivity contribution is 5.88. The summed E-state index contributed by atoms with van der Waals surface area (Å²) in [6.07, 6.45) is 5.74. The topological polar surface area (TPSA) is 53.7 Å². The van der Waals surface area contributed by atoms with Gasteiger partial charge in [0.05, 0.1) is 6.04 Å². The Kier molecular flexibility index (Phi) is 3.76. The van der Waals surface area contributed by atoms with Crippen LogP contribution in [0.15, 0.2) is 17.4 Å². The summed E-state index contributed by atoms with van der Waals surface area (Å²) in [7, 11) is 3.78. The second-order valence-corrected chi connectivity index (χ2v) is 3.18. The van der Waals surface area contributed by atoms with E-state index in [1.807, 2.05) is 25.2 Å². The molecule has 0 aromatic heterocycles. The third-order valence-corrected chi connectivity index (χ3v) is 2.27. The first-order valence-corrected chi connectivity index (χ1v) is 4.61. The maximum Gasteiger partial charge on any atom is 0.120 e. The number of hydrogen-bond donors (Lipinski definition) is 2. The van der Waals surface area contributed by atoms with Gasteiger partial charge in [-0.1, -0.05) is 0 Å². The third kappa shape index (κ3) is 2.45. The molecule has 74 valence electrons. The molecule has 0 radical (unpaired) electrons. The molecule has 0 aromatic rings. The van der Waals surface area contributed by atoms with Crippen LogP contribution in [0, 0.1) is 0 Å². The van der Waals surface area contributed by atoms with Crippen molar-refractivity contribution in [1.29, 1.82) is 0 Å². The molecule has 1 heterocycles. The summed E-state index contributed by atoms with van der Waals surface area (Å²) in [6, 6.07) is 0.395. The monoisotopic (exact) mass is 182 g/mol. The molecular formula is C9H18N4. The van der Waals surface area contributed by atoms with Crippen LogP contribution in [0.2, 0.25) is 0 Å². The molecule has 1 aliphatic heterocycles. The van der Waals surface area contributed by atoms with Gasteiger partial charge in [-0.2, -0.15) is 0 Å². The molecule has 1 saturated heterocycles. The quantitative estimate of drug-likeness (QED) is 0.471. The third-order valence-electron chi connectivity index (χ3n) is 2.27. The molecule has 13 heavy (non-hydrogen) atoms. The Morgan fingerprint density at radius 2 is 2.46 bits per heavy atom. The van der Waals surface area contributed by atoms with Crippen molar-refractivity contribution in [2.45, 2.75) is 18.9 Å². The number of amidine groups is 1. The standard InChI is InChI=1S/C9H18N4/c1-11-9(13(2)7-5-10)8-4-3-6-12-8/h5,7-8,12H,3-4,6,10H2,1-2H3/b7-5-,11-9-/t8-/m0/s1. The predicted molar refractivity (Wildman–Crippen MR) is 55.5 cm³/mol. The predicted octanol–water partition coefficient (Wildman–Crippen LogP) is 0.128. The molecule has 4 heteroatoms. The molecule has 1 rings (SSSR count). The first-order valence-electron chi connectivity index (χ1n) is 4.61. The van der Waals surface area contributed by atoms with Gasteiger partial charge in [0, 0.05) is 26.5 Å². The number of hydrogen-bond acceptors (Lipinski definition) is 3. The number of rotatable bonds is 2. The average Bonchev–Trinajstić information content (AvgIpc) is 2.59. The van der Waals surface area contributed by atoms with E-state index in [1.54, 1.807) is 0 Å². The largest absolute Gasteiger partial charge is 0.403 e. The molecule has 0 amide bonds. The van der Waals surface area contributed by atoms with Gasteiger partial charge in [0.2, 0.25) is 0 Å². The average molecular weight is 182 g/mol. The summed E-state index contributed by atoms with van der Waals surface area (Å²) in [5, 5.41) is 3.40. The van der Waals surface area contributed by atoms with E-state index >= 15 is 0 Å². The van der Waals surface area contributed by atoms with Gasteiger partial charge in [0.15, 0.2) is 0 Å². The summed E-state index contributed by atoms with van der Waals surface area (Å²) >= 11 is 0. The van der Waals surface area contributed by atoms with Crippen LogP contribution in [0.4, 0.5) is 0 Å². The van der Waals surface area contributed by atoms with E-state index in [9.17, 15) is 0 Å². The van der Waals surface area contributed by atoms with Gasteiger partial charge >= 0.3 is 0 Å². The Hall–Kier alpha value is -1.03. The van der Waals surface area contributed by atoms with E-state index < -0.39 is 0 Å². The fourth-order valence-corrected chi connectivity index (χ4v) is 1.67. The van der Waals surface area contributed by atoms with E-state index in [2.05, 4.69) is 10.3 Å².